The SMILES string of the molecule is NC(=O)CC(O)C(O)c1ccc2nc[nH]c(=O)c2c1. The van der Waals surface area contributed by atoms with Gasteiger partial charge in [-0.05, 0) is 17.7 Å². The van der Waals surface area contributed by atoms with Crippen molar-refractivity contribution in [1.29, 1.82) is 0 Å². The van der Waals surface area contributed by atoms with E-state index in [1.54, 1.807) is 6.07 Å². The predicted octanol–water partition coefficient (Wildman–Crippen LogP) is -0.807. The molecular formula is C12H13N3O4. The van der Waals surface area contributed by atoms with E-state index in [-0.39, 0.29) is 12.0 Å². The van der Waals surface area contributed by atoms with Crippen molar-refractivity contribution in [3.8, 4) is 0 Å². The van der Waals surface area contributed by atoms with E-state index in [4.69, 9.17) is 5.73 Å². The van der Waals surface area contributed by atoms with Gasteiger partial charge in [0.2, 0.25) is 5.91 Å². The van der Waals surface area contributed by atoms with Crippen LogP contribution in [0.4, 0.5) is 0 Å². The van der Waals surface area contributed by atoms with Gasteiger partial charge in [0, 0.05) is 0 Å². The topological polar surface area (TPSA) is 129 Å². The Morgan fingerprint density at radius 2 is 2.16 bits per heavy atom. The van der Waals surface area contributed by atoms with Gasteiger partial charge in [-0.1, -0.05) is 6.07 Å². The van der Waals surface area contributed by atoms with E-state index in [0.29, 0.717) is 16.5 Å². The average molecular weight is 263 g/mol. The molecule has 2 unspecified atom stereocenters. The molecule has 0 aliphatic rings. The summed E-state index contributed by atoms with van der Waals surface area (Å²) < 4.78 is 0. The van der Waals surface area contributed by atoms with Crippen molar-refractivity contribution in [2.75, 3.05) is 0 Å². The lowest BCUT2D eigenvalue weighted by Crippen LogP contribution is -2.25. The Balaban J connectivity index is 2.38. The number of hydrogen-bond donors (Lipinski definition) is 4. The highest BCUT2D eigenvalue weighted by Gasteiger charge is 2.20. The number of benzene rings is 1. The van der Waals surface area contributed by atoms with Crippen LogP contribution in [0, 0.1) is 0 Å². The number of amides is 1. The summed E-state index contributed by atoms with van der Waals surface area (Å²) in [7, 11) is 0. The number of primary amides is 1. The number of hydrogen-bond acceptors (Lipinski definition) is 5. The smallest absolute Gasteiger partial charge is 0.258 e. The van der Waals surface area contributed by atoms with Crippen LogP contribution in [-0.2, 0) is 4.79 Å². The van der Waals surface area contributed by atoms with Gasteiger partial charge in [-0.3, -0.25) is 9.59 Å². The minimum absolute atomic E-state index is 0.297. The molecule has 5 N–H and O–H groups in total. The van der Waals surface area contributed by atoms with Crippen molar-refractivity contribution in [3.05, 3.63) is 40.4 Å². The lowest BCUT2D eigenvalue weighted by Gasteiger charge is -2.16. The molecule has 0 radical (unpaired) electrons. The summed E-state index contributed by atoms with van der Waals surface area (Å²) in [6.07, 6.45) is -1.69. The molecule has 7 nitrogen and oxygen atoms in total. The van der Waals surface area contributed by atoms with Crippen LogP contribution >= 0.6 is 0 Å². The number of carbonyl (C=O) groups is 1. The van der Waals surface area contributed by atoms with Crippen molar-refractivity contribution in [2.45, 2.75) is 18.6 Å². The van der Waals surface area contributed by atoms with Gasteiger partial charge in [0.15, 0.2) is 0 Å². The Labute approximate surface area is 107 Å². The first-order valence-corrected chi connectivity index (χ1v) is 5.61. The van der Waals surface area contributed by atoms with Gasteiger partial charge in [-0.2, -0.15) is 0 Å². The number of aromatic amines is 1. The van der Waals surface area contributed by atoms with Crippen LogP contribution in [0.15, 0.2) is 29.3 Å². The lowest BCUT2D eigenvalue weighted by molar-refractivity contribution is -0.121. The van der Waals surface area contributed by atoms with Gasteiger partial charge in [0.05, 0.1) is 29.8 Å². The molecule has 0 saturated carbocycles. The molecule has 19 heavy (non-hydrogen) atoms. The summed E-state index contributed by atoms with van der Waals surface area (Å²) >= 11 is 0. The molecule has 0 fully saturated rings. The molecule has 1 heterocycles. The van der Waals surface area contributed by atoms with Crippen molar-refractivity contribution < 1.29 is 15.0 Å². The Morgan fingerprint density at radius 1 is 1.42 bits per heavy atom. The summed E-state index contributed by atoms with van der Waals surface area (Å²) in [4.78, 5) is 28.7. The standard InChI is InChI=1S/C12H13N3O4/c13-10(17)4-9(16)11(18)6-1-2-8-7(3-6)12(19)15-5-14-8/h1-3,5,9,11,16,18H,4H2,(H2,13,17)(H,14,15,19). The van der Waals surface area contributed by atoms with E-state index in [1.807, 2.05) is 0 Å². The average Bonchev–Trinajstić information content (AvgIpc) is 2.37. The summed E-state index contributed by atoms with van der Waals surface area (Å²) in [6.45, 7) is 0. The highest BCUT2D eigenvalue weighted by molar-refractivity contribution is 5.78. The largest absolute Gasteiger partial charge is 0.390 e. The molecule has 1 amide bonds. The number of nitrogens with zero attached hydrogens (tertiary/aromatic N) is 1. The first-order chi connectivity index (χ1) is 8.99. The molecule has 2 aromatic rings. The molecule has 0 saturated heterocycles. The van der Waals surface area contributed by atoms with Gasteiger partial charge in [0.25, 0.3) is 5.56 Å². The van der Waals surface area contributed by atoms with Crippen LogP contribution in [0.5, 0.6) is 0 Å². The Bertz CT molecular complexity index is 667. The fourth-order valence-electron chi connectivity index (χ4n) is 1.81. The second-order valence-corrected chi connectivity index (χ2v) is 4.19. The van der Waals surface area contributed by atoms with Gasteiger partial charge in [0.1, 0.15) is 6.10 Å². The normalized spacial score (nSPS) is 14.2. The number of aliphatic hydroxyl groups excluding tert-OH is 2. The Morgan fingerprint density at radius 3 is 2.84 bits per heavy atom. The van der Waals surface area contributed by atoms with Gasteiger partial charge >= 0.3 is 0 Å². The Kier molecular flexibility index (Phi) is 3.59. The molecule has 7 heteroatoms. The number of rotatable bonds is 4. The van der Waals surface area contributed by atoms with Crippen molar-refractivity contribution in [2.24, 2.45) is 5.73 Å². The van der Waals surface area contributed by atoms with E-state index in [0.717, 1.165) is 0 Å². The maximum atomic E-state index is 11.6. The number of aromatic nitrogens is 2. The van der Waals surface area contributed by atoms with Crippen molar-refractivity contribution in [1.82, 2.24) is 9.97 Å². The maximum Gasteiger partial charge on any atom is 0.258 e. The molecule has 0 bridgehead atoms. The molecule has 0 aliphatic heterocycles. The van der Waals surface area contributed by atoms with Crippen LogP contribution in [-0.4, -0.2) is 32.2 Å². The van der Waals surface area contributed by atoms with E-state index < -0.39 is 18.1 Å². The third kappa shape index (κ3) is 2.78. The minimum atomic E-state index is -1.31. The fourth-order valence-corrected chi connectivity index (χ4v) is 1.81. The van der Waals surface area contributed by atoms with Gasteiger partial charge in [-0.15, -0.1) is 0 Å². The minimum Gasteiger partial charge on any atom is -0.390 e. The first kappa shape index (κ1) is 13.2. The second kappa shape index (κ2) is 5.17. The number of carbonyl (C=O) groups excluding carboxylic acids is 1. The van der Waals surface area contributed by atoms with Crippen LogP contribution in [0.2, 0.25) is 0 Å². The number of nitrogens with two attached hydrogens (primary N) is 1. The molecule has 2 atom stereocenters. The van der Waals surface area contributed by atoms with Gasteiger partial charge in [-0.25, -0.2) is 4.98 Å². The molecule has 100 valence electrons. The number of H-pyrrole nitrogens is 1. The zero-order valence-corrected chi connectivity index (χ0v) is 9.91. The first-order valence-electron chi connectivity index (χ1n) is 5.61. The van der Waals surface area contributed by atoms with Crippen LogP contribution < -0.4 is 11.3 Å². The summed E-state index contributed by atoms with van der Waals surface area (Å²) in [5.41, 5.74) is 5.40. The molecule has 1 aromatic heterocycles. The predicted molar refractivity (Wildman–Crippen MR) is 67.1 cm³/mol. The second-order valence-electron chi connectivity index (χ2n) is 4.19. The maximum absolute atomic E-state index is 11.6. The lowest BCUT2D eigenvalue weighted by atomic mass is 10.0. The van der Waals surface area contributed by atoms with Crippen LogP contribution in [0.25, 0.3) is 10.9 Å². The molecule has 0 spiro atoms. The zero-order chi connectivity index (χ0) is 14.0. The van der Waals surface area contributed by atoms with E-state index in [2.05, 4.69) is 9.97 Å². The number of aliphatic hydroxyl groups is 2. The highest BCUT2D eigenvalue weighted by atomic mass is 16.3. The highest BCUT2D eigenvalue weighted by Crippen LogP contribution is 2.21. The van der Waals surface area contributed by atoms with E-state index in [1.165, 1.54) is 18.5 Å². The number of nitrogens with one attached hydrogen (secondary N) is 1. The Hall–Kier alpha value is -2.25. The van der Waals surface area contributed by atoms with Crippen LogP contribution in [0.3, 0.4) is 0 Å². The van der Waals surface area contributed by atoms with E-state index >= 15 is 0 Å². The monoisotopic (exact) mass is 263 g/mol. The van der Waals surface area contributed by atoms with Crippen molar-refractivity contribution in [3.63, 3.8) is 0 Å². The molecule has 1 aromatic carbocycles. The molecular weight excluding hydrogens is 250 g/mol. The summed E-state index contributed by atoms with van der Waals surface area (Å²) in [5, 5.41) is 19.8. The van der Waals surface area contributed by atoms with Gasteiger partial charge < -0.3 is 20.9 Å². The summed E-state index contributed by atoms with van der Waals surface area (Å²) in [6, 6.07) is 4.51. The number of fused-ring (bicyclic) bond motifs is 1. The molecule has 0 aliphatic carbocycles. The van der Waals surface area contributed by atoms with E-state index in [9.17, 15) is 19.8 Å². The zero-order valence-electron chi connectivity index (χ0n) is 9.91. The van der Waals surface area contributed by atoms with Crippen molar-refractivity contribution >= 4 is 16.8 Å². The molecule has 2 rings (SSSR count). The fraction of sp³-hybridized carbons (Fsp3) is 0.250. The third-order valence-corrected chi connectivity index (χ3v) is 2.78. The third-order valence-electron chi connectivity index (χ3n) is 2.78. The van der Waals surface area contributed by atoms with Crippen LogP contribution in [0.1, 0.15) is 18.1 Å². The summed E-state index contributed by atoms with van der Waals surface area (Å²) in [5.74, 6) is -0.716. The quantitative estimate of drug-likeness (QED) is 0.573.